The van der Waals surface area contributed by atoms with Crippen LogP contribution in [0.5, 0.6) is 5.75 Å². The van der Waals surface area contributed by atoms with E-state index in [1.807, 2.05) is 0 Å². The van der Waals surface area contributed by atoms with Gasteiger partial charge in [-0.05, 0) is 24.4 Å². The Balaban J connectivity index is 2.35. The van der Waals surface area contributed by atoms with Crippen molar-refractivity contribution in [1.82, 2.24) is 0 Å². The number of halogens is 6. The highest BCUT2D eigenvalue weighted by Gasteiger charge is 2.19. The molecular formula is C13H4ClF5OS. The fourth-order valence-corrected chi connectivity index (χ4v) is 1.97. The molecule has 0 saturated heterocycles. The Hall–Kier alpha value is -1.73. The van der Waals surface area contributed by atoms with Gasteiger partial charge in [0.15, 0.2) is 17.5 Å². The maximum absolute atomic E-state index is 13.6. The van der Waals surface area contributed by atoms with Crippen molar-refractivity contribution in [3.8, 4) is 5.75 Å². The minimum Gasteiger partial charge on any atom is -0.445 e. The highest BCUT2D eigenvalue weighted by molar-refractivity contribution is 7.80. The first kappa shape index (κ1) is 15.7. The maximum atomic E-state index is 13.6. The number of rotatable bonds is 2. The zero-order chi connectivity index (χ0) is 15.7. The number of ether oxygens (including phenoxy) is 1. The average molecular weight is 339 g/mol. The van der Waals surface area contributed by atoms with Gasteiger partial charge in [0.25, 0.3) is 0 Å². The van der Waals surface area contributed by atoms with Crippen molar-refractivity contribution in [2.45, 2.75) is 0 Å². The molecule has 2 aromatic carbocycles. The molecule has 0 aromatic heterocycles. The van der Waals surface area contributed by atoms with Gasteiger partial charge in [0, 0.05) is 17.2 Å². The van der Waals surface area contributed by atoms with Gasteiger partial charge in [0.2, 0.25) is 5.05 Å². The van der Waals surface area contributed by atoms with Crippen LogP contribution >= 0.6 is 23.8 Å². The van der Waals surface area contributed by atoms with Crippen molar-refractivity contribution in [2.24, 2.45) is 0 Å². The van der Waals surface area contributed by atoms with Gasteiger partial charge in [-0.2, -0.15) is 0 Å². The molecule has 0 fully saturated rings. The summed E-state index contributed by atoms with van der Waals surface area (Å²) >= 11 is 10.1. The fourth-order valence-electron chi connectivity index (χ4n) is 1.49. The second-order valence-corrected chi connectivity index (χ2v) is 4.64. The molecule has 0 N–H and O–H groups in total. The van der Waals surface area contributed by atoms with Crippen LogP contribution in [0.2, 0.25) is 5.02 Å². The van der Waals surface area contributed by atoms with Gasteiger partial charge < -0.3 is 4.74 Å². The molecule has 0 heterocycles. The molecule has 0 unspecified atom stereocenters. The van der Waals surface area contributed by atoms with Gasteiger partial charge >= 0.3 is 0 Å². The maximum Gasteiger partial charge on any atom is 0.203 e. The van der Waals surface area contributed by atoms with E-state index < -0.39 is 45.4 Å². The topological polar surface area (TPSA) is 9.23 Å². The van der Waals surface area contributed by atoms with Crippen molar-refractivity contribution in [2.75, 3.05) is 0 Å². The molecule has 0 aliphatic rings. The summed E-state index contributed by atoms with van der Waals surface area (Å²) in [6.45, 7) is 0. The highest BCUT2D eigenvalue weighted by atomic mass is 35.5. The third-order valence-corrected chi connectivity index (χ3v) is 2.88. The SMILES string of the molecule is Fc1cc(OC(=S)c2c(F)cc(Cl)cc2F)cc(F)c1F. The molecular weight excluding hydrogens is 335 g/mol. The number of hydrogen-bond donors (Lipinski definition) is 0. The quantitative estimate of drug-likeness (QED) is 0.442. The van der Waals surface area contributed by atoms with Crippen LogP contribution in [0.3, 0.4) is 0 Å². The van der Waals surface area contributed by atoms with Gasteiger partial charge in [-0.1, -0.05) is 11.6 Å². The second kappa shape index (κ2) is 5.95. The molecule has 0 saturated carbocycles. The van der Waals surface area contributed by atoms with Crippen LogP contribution in [-0.4, -0.2) is 5.05 Å². The smallest absolute Gasteiger partial charge is 0.203 e. The van der Waals surface area contributed by atoms with Crippen molar-refractivity contribution < 1.29 is 26.7 Å². The Kier molecular flexibility index (Phi) is 4.43. The third kappa shape index (κ3) is 3.30. The molecule has 2 rings (SSSR count). The van der Waals surface area contributed by atoms with E-state index in [9.17, 15) is 22.0 Å². The first-order valence-electron chi connectivity index (χ1n) is 5.31. The Morgan fingerprint density at radius 3 is 1.81 bits per heavy atom. The van der Waals surface area contributed by atoms with E-state index in [0.717, 1.165) is 12.1 Å². The average Bonchev–Trinajstić information content (AvgIpc) is 2.34. The molecule has 21 heavy (non-hydrogen) atoms. The van der Waals surface area contributed by atoms with Crippen molar-refractivity contribution >= 4 is 28.9 Å². The van der Waals surface area contributed by atoms with E-state index in [2.05, 4.69) is 12.2 Å². The van der Waals surface area contributed by atoms with E-state index in [-0.39, 0.29) is 5.02 Å². The van der Waals surface area contributed by atoms with Crippen LogP contribution in [0, 0.1) is 29.1 Å². The van der Waals surface area contributed by atoms with Crippen molar-refractivity contribution in [1.29, 1.82) is 0 Å². The van der Waals surface area contributed by atoms with Crippen LogP contribution in [-0.2, 0) is 0 Å². The van der Waals surface area contributed by atoms with Crippen LogP contribution in [0.1, 0.15) is 5.56 Å². The summed E-state index contributed by atoms with van der Waals surface area (Å²) in [6, 6.07) is 2.58. The van der Waals surface area contributed by atoms with Crippen LogP contribution in [0.15, 0.2) is 24.3 Å². The Morgan fingerprint density at radius 1 is 0.857 bits per heavy atom. The zero-order valence-electron chi connectivity index (χ0n) is 9.89. The summed E-state index contributed by atoms with van der Waals surface area (Å²) in [5.74, 6) is -7.49. The van der Waals surface area contributed by atoms with E-state index in [1.165, 1.54) is 0 Å². The minimum absolute atomic E-state index is 0.199. The lowest BCUT2D eigenvalue weighted by atomic mass is 10.2. The lowest BCUT2D eigenvalue weighted by molar-refractivity contribution is 0.435. The summed E-state index contributed by atoms with van der Waals surface area (Å²) in [6.07, 6.45) is 0. The highest BCUT2D eigenvalue weighted by Crippen LogP contribution is 2.24. The van der Waals surface area contributed by atoms with Gasteiger partial charge in [-0.3, -0.25) is 0 Å². The molecule has 110 valence electrons. The van der Waals surface area contributed by atoms with Crippen LogP contribution in [0.4, 0.5) is 22.0 Å². The first-order valence-corrected chi connectivity index (χ1v) is 6.09. The van der Waals surface area contributed by atoms with Gasteiger partial charge in [0.05, 0.1) is 0 Å². The first-order chi connectivity index (χ1) is 9.79. The molecule has 2 aromatic rings. The molecule has 0 atom stereocenters. The molecule has 0 amide bonds. The number of hydrogen-bond acceptors (Lipinski definition) is 2. The lowest BCUT2D eigenvalue weighted by Crippen LogP contribution is -2.12. The number of thiocarbonyl (C=S) groups is 1. The molecule has 1 nitrogen and oxygen atoms in total. The summed E-state index contributed by atoms with van der Waals surface area (Å²) < 4.78 is 70.7. The number of benzene rings is 2. The Morgan fingerprint density at radius 2 is 1.33 bits per heavy atom. The van der Waals surface area contributed by atoms with E-state index >= 15 is 0 Å². The lowest BCUT2D eigenvalue weighted by Gasteiger charge is -2.10. The van der Waals surface area contributed by atoms with Crippen LogP contribution in [0.25, 0.3) is 0 Å². The Bertz CT molecular complexity index is 688. The van der Waals surface area contributed by atoms with E-state index in [1.54, 1.807) is 0 Å². The largest absolute Gasteiger partial charge is 0.445 e. The normalized spacial score (nSPS) is 10.6. The molecule has 0 radical (unpaired) electrons. The zero-order valence-corrected chi connectivity index (χ0v) is 11.5. The van der Waals surface area contributed by atoms with Gasteiger partial charge in [-0.25, -0.2) is 22.0 Å². The molecule has 8 heteroatoms. The predicted octanol–water partition coefficient (Wildman–Crippen LogP) is 4.79. The second-order valence-electron chi connectivity index (χ2n) is 3.83. The van der Waals surface area contributed by atoms with Gasteiger partial charge in [0.1, 0.15) is 22.9 Å². The monoisotopic (exact) mass is 338 g/mol. The van der Waals surface area contributed by atoms with E-state index in [0.29, 0.717) is 12.1 Å². The summed E-state index contributed by atoms with van der Waals surface area (Å²) in [5, 5.41) is -0.914. The standard InChI is InChI=1S/C13H4ClF5OS/c14-5-1-7(15)11(8(16)2-5)13(21)20-6-3-9(17)12(19)10(18)4-6/h1-4H. The van der Waals surface area contributed by atoms with Crippen molar-refractivity contribution in [3.63, 3.8) is 0 Å². The Labute approximate surface area is 125 Å². The minimum atomic E-state index is -1.70. The molecule has 0 aliphatic heterocycles. The van der Waals surface area contributed by atoms with Crippen LogP contribution < -0.4 is 4.74 Å². The fraction of sp³-hybridized carbons (Fsp3) is 0. The molecule has 0 spiro atoms. The third-order valence-electron chi connectivity index (χ3n) is 2.38. The summed E-state index contributed by atoms with van der Waals surface area (Å²) in [7, 11) is 0. The predicted molar refractivity (Wildman–Crippen MR) is 70.0 cm³/mol. The molecule has 0 aliphatic carbocycles. The summed E-state index contributed by atoms with van der Waals surface area (Å²) in [4.78, 5) is 0. The van der Waals surface area contributed by atoms with Gasteiger partial charge in [-0.15, -0.1) is 0 Å². The summed E-state index contributed by atoms with van der Waals surface area (Å²) in [5.41, 5.74) is -0.723. The van der Waals surface area contributed by atoms with Crippen molar-refractivity contribution in [3.05, 3.63) is 63.9 Å². The van der Waals surface area contributed by atoms with E-state index in [4.69, 9.17) is 16.3 Å². The molecule has 0 bridgehead atoms.